The first-order valence-electron chi connectivity index (χ1n) is 3.41. The standard InChI is InChI=1S/C7H11N3O/c1-5(11)7(8)6-4-9-2-3-10-6/h2-5,7,11H,8H2,1H3/t5?,7-/m1/s1. The van der Waals surface area contributed by atoms with Crippen molar-refractivity contribution in [2.75, 3.05) is 0 Å². The number of nitrogens with zero attached hydrogens (tertiary/aromatic N) is 2. The molecular weight excluding hydrogens is 142 g/mol. The van der Waals surface area contributed by atoms with Crippen LogP contribution in [0.2, 0.25) is 0 Å². The lowest BCUT2D eigenvalue weighted by Gasteiger charge is -2.12. The number of nitrogens with two attached hydrogens (primary N) is 1. The molecule has 0 radical (unpaired) electrons. The average molecular weight is 153 g/mol. The highest BCUT2D eigenvalue weighted by molar-refractivity contribution is 5.02. The Hall–Kier alpha value is -1.00. The highest BCUT2D eigenvalue weighted by Crippen LogP contribution is 2.08. The summed E-state index contributed by atoms with van der Waals surface area (Å²) in [4.78, 5) is 7.79. The lowest BCUT2D eigenvalue weighted by molar-refractivity contribution is 0.162. The molecule has 4 nitrogen and oxygen atoms in total. The second-order valence-electron chi connectivity index (χ2n) is 2.40. The van der Waals surface area contributed by atoms with E-state index in [-0.39, 0.29) is 0 Å². The van der Waals surface area contributed by atoms with Crippen LogP contribution in [0.3, 0.4) is 0 Å². The third-order valence-electron chi connectivity index (χ3n) is 1.44. The van der Waals surface area contributed by atoms with E-state index in [2.05, 4.69) is 9.97 Å². The van der Waals surface area contributed by atoms with Gasteiger partial charge < -0.3 is 10.8 Å². The van der Waals surface area contributed by atoms with E-state index in [1.807, 2.05) is 0 Å². The van der Waals surface area contributed by atoms with E-state index in [0.29, 0.717) is 5.69 Å². The van der Waals surface area contributed by atoms with Crippen LogP contribution in [0.25, 0.3) is 0 Å². The second-order valence-corrected chi connectivity index (χ2v) is 2.40. The maximum Gasteiger partial charge on any atom is 0.0780 e. The number of aliphatic hydroxyl groups excluding tert-OH is 1. The first kappa shape index (κ1) is 8.10. The van der Waals surface area contributed by atoms with Gasteiger partial charge in [0, 0.05) is 12.4 Å². The Morgan fingerprint density at radius 1 is 1.55 bits per heavy atom. The van der Waals surface area contributed by atoms with Gasteiger partial charge in [0.1, 0.15) is 0 Å². The fourth-order valence-corrected chi connectivity index (χ4v) is 0.730. The molecule has 0 aliphatic heterocycles. The molecule has 0 fully saturated rings. The molecule has 4 heteroatoms. The molecule has 0 bridgehead atoms. The van der Waals surface area contributed by atoms with Crippen LogP contribution >= 0.6 is 0 Å². The molecule has 2 atom stereocenters. The number of rotatable bonds is 2. The van der Waals surface area contributed by atoms with Gasteiger partial charge in [-0.15, -0.1) is 0 Å². The van der Waals surface area contributed by atoms with Crippen molar-refractivity contribution < 1.29 is 5.11 Å². The van der Waals surface area contributed by atoms with E-state index < -0.39 is 12.1 Å². The SMILES string of the molecule is CC(O)[C@@H](N)c1cnccn1. The molecule has 1 aromatic heterocycles. The zero-order valence-corrected chi connectivity index (χ0v) is 6.31. The van der Waals surface area contributed by atoms with Gasteiger partial charge in [-0.05, 0) is 6.92 Å². The summed E-state index contributed by atoms with van der Waals surface area (Å²) >= 11 is 0. The van der Waals surface area contributed by atoms with Gasteiger partial charge in [0.25, 0.3) is 0 Å². The van der Waals surface area contributed by atoms with Crippen LogP contribution in [0, 0.1) is 0 Å². The molecule has 1 unspecified atom stereocenters. The molecule has 0 amide bonds. The number of aromatic nitrogens is 2. The van der Waals surface area contributed by atoms with Gasteiger partial charge in [-0.2, -0.15) is 0 Å². The van der Waals surface area contributed by atoms with Crippen molar-refractivity contribution in [1.29, 1.82) is 0 Å². The molecule has 11 heavy (non-hydrogen) atoms. The van der Waals surface area contributed by atoms with E-state index in [4.69, 9.17) is 10.8 Å². The Balaban J connectivity index is 2.77. The molecule has 0 aromatic carbocycles. The van der Waals surface area contributed by atoms with Crippen molar-refractivity contribution in [1.82, 2.24) is 9.97 Å². The lowest BCUT2D eigenvalue weighted by Crippen LogP contribution is -2.24. The normalized spacial score (nSPS) is 15.9. The van der Waals surface area contributed by atoms with Crippen LogP contribution in [0.5, 0.6) is 0 Å². The topological polar surface area (TPSA) is 72.0 Å². The summed E-state index contributed by atoms with van der Waals surface area (Å²) in [5.74, 6) is 0. The maximum absolute atomic E-state index is 9.08. The summed E-state index contributed by atoms with van der Waals surface area (Å²) in [6.07, 6.45) is 4.08. The van der Waals surface area contributed by atoms with Crippen molar-refractivity contribution in [2.24, 2.45) is 5.73 Å². The zero-order valence-electron chi connectivity index (χ0n) is 6.31. The Morgan fingerprint density at radius 2 is 2.27 bits per heavy atom. The molecule has 60 valence electrons. The quantitative estimate of drug-likeness (QED) is 0.620. The highest BCUT2D eigenvalue weighted by Gasteiger charge is 2.12. The largest absolute Gasteiger partial charge is 0.391 e. The first-order chi connectivity index (χ1) is 5.22. The number of hydrogen-bond acceptors (Lipinski definition) is 4. The lowest BCUT2D eigenvalue weighted by atomic mass is 10.1. The predicted octanol–water partition coefficient (Wildman–Crippen LogP) is -0.143. The van der Waals surface area contributed by atoms with E-state index in [9.17, 15) is 0 Å². The molecular formula is C7H11N3O. The van der Waals surface area contributed by atoms with Gasteiger partial charge in [-0.3, -0.25) is 9.97 Å². The maximum atomic E-state index is 9.08. The van der Waals surface area contributed by atoms with Crippen molar-refractivity contribution in [3.8, 4) is 0 Å². The van der Waals surface area contributed by atoms with Gasteiger partial charge >= 0.3 is 0 Å². The molecule has 0 spiro atoms. The molecule has 3 N–H and O–H groups in total. The van der Waals surface area contributed by atoms with Gasteiger partial charge in [0.05, 0.1) is 24.0 Å². The summed E-state index contributed by atoms with van der Waals surface area (Å²) in [6, 6.07) is -0.441. The second kappa shape index (κ2) is 3.41. The Bertz CT molecular complexity index is 212. The van der Waals surface area contributed by atoms with Crippen LogP contribution in [0.4, 0.5) is 0 Å². The third-order valence-corrected chi connectivity index (χ3v) is 1.44. The fourth-order valence-electron chi connectivity index (χ4n) is 0.730. The highest BCUT2D eigenvalue weighted by atomic mass is 16.3. The minimum atomic E-state index is -0.591. The minimum absolute atomic E-state index is 0.441. The first-order valence-corrected chi connectivity index (χ1v) is 3.41. The molecule has 1 aromatic rings. The Kier molecular flexibility index (Phi) is 2.51. The van der Waals surface area contributed by atoms with Gasteiger partial charge in [0.2, 0.25) is 0 Å². The van der Waals surface area contributed by atoms with Gasteiger partial charge in [-0.1, -0.05) is 0 Å². The third kappa shape index (κ3) is 1.96. The smallest absolute Gasteiger partial charge is 0.0780 e. The molecule has 0 saturated carbocycles. The van der Waals surface area contributed by atoms with E-state index in [1.54, 1.807) is 25.5 Å². The van der Waals surface area contributed by atoms with E-state index in [1.165, 1.54) is 0 Å². The predicted molar refractivity (Wildman–Crippen MR) is 40.6 cm³/mol. The van der Waals surface area contributed by atoms with Crippen molar-refractivity contribution >= 4 is 0 Å². The van der Waals surface area contributed by atoms with Gasteiger partial charge in [-0.25, -0.2) is 0 Å². The molecule has 1 heterocycles. The number of hydrogen-bond donors (Lipinski definition) is 2. The Labute approximate surface area is 65.1 Å². The van der Waals surface area contributed by atoms with Gasteiger partial charge in [0.15, 0.2) is 0 Å². The van der Waals surface area contributed by atoms with Crippen LogP contribution in [-0.2, 0) is 0 Å². The molecule has 0 aliphatic rings. The van der Waals surface area contributed by atoms with Crippen LogP contribution in [0.15, 0.2) is 18.6 Å². The fraction of sp³-hybridized carbons (Fsp3) is 0.429. The summed E-state index contributed by atoms with van der Waals surface area (Å²) in [5.41, 5.74) is 6.20. The zero-order chi connectivity index (χ0) is 8.27. The monoisotopic (exact) mass is 153 g/mol. The van der Waals surface area contributed by atoms with E-state index >= 15 is 0 Å². The van der Waals surface area contributed by atoms with E-state index in [0.717, 1.165) is 0 Å². The Morgan fingerprint density at radius 3 is 2.73 bits per heavy atom. The summed E-state index contributed by atoms with van der Waals surface area (Å²) < 4.78 is 0. The summed E-state index contributed by atoms with van der Waals surface area (Å²) in [6.45, 7) is 1.62. The van der Waals surface area contributed by atoms with Crippen molar-refractivity contribution in [3.05, 3.63) is 24.3 Å². The summed E-state index contributed by atoms with van der Waals surface area (Å²) in [5, 5.41) is 9.08. The number of aliphatic hydroxyl groups is 1. The molecule has 0 aliphatic carbocycles. The van der Waals surface area contributed by atoms with Crippen molar-refractivity contribution in [2.45, 2.75) is 19.1 Å². The average Bonchev–Trinajstić information content (AvgIpc) is 2.05. The molecule has 1 rings (SSSR count). The van der Waals surface area contributed by atoms with Crippen molar-refractivity contribution in [3.63, 3.8) is 0 Å². The molecule has 0 saturated heterocycles. The minimum Gasteiger partial charge on any atom is -0.391 e. The summed E-state index contributed by atoms with van der Waals surface area (Å²) in [7, 11) is 0. The van der Waals surface area contributed by atoms with Crippen LogP contribution in [-0.4, -0.2) is 21.2 Å². The van der Waals surface area contributed by atoms with Crippen LogP contribution in [0.1, 0.15) is 18.7 Å². The van der Waals surface area contributed by atoms with Crippen LogP contribution < -0.4 is 5.73 Å².